The normalized spacial score (nSPS) is 11.7. The zero-order chi connectivity index (χ0) is 22.2. The molecule has 2 aromatic carbocycles. The van der Waals surface area contributed by atoms with Crippen LogP contribution in [-0.4, -0.2) is 15.5 Å². The molecule has 2 heterocycles. The van der Waals surface area contributed by atoms with Crippen molar-refractivity contribution in [1.82, 2.24) is 9.55 Å². The number of amides is 1. The Balaban J connectivity index is 1.66. The van der Waals surface area contributed by atoms with Gasteiger partial charge in [-0.3, -0.25) is 9.36 Å². The number of carbonyl (C=O) groups excluding carboxylic acids is 1. The van der Waals surface area contributed by atoms with Crippen LogP contribution < -0.4 is 11.1 Å². The molecule has 0 radical (unpaired) electrons. The van der Waals surface area contributed by atoms with Crippen LogP contribution in [0.3, 0.4) is 0 Å². The number of aryl methyl sites for hydroxylation is 1. The van der Waals surface area contributed by atoms with Crippen LogP contribution >= 0.6 is 22.9 Å². The minimum absolute atomic E-state index is 0.243. The van der Waals surface area contributed by atoms with E-state index in [4.69, 9.17) is 17.3 Å². The Morgan fingerprint density at radius 2 is 2.00 bits per heavy atom. The molecular formula is C24H25ClN4OS. The number of hydrogen-bond donors (Lipinski definition) is 2. The molecule has 0 saturated carbocycles. The molecule has 0 fully saturated rings. The molecule has 1 amide bonds. The molecule has 4 aromatic rings. The van der Waals surface area contributed by atoms with Crippen LogP contribution in [0.4, 0.5) is 11.4 Å². The topological polar surface area (TPSA) is 72.9 Å². The first-order valence-corrected chi connectivity index (χ1v) is 11.4. The number of halogens is 1. The molecule has 160 valence electrons. The molecule has 7 heteroatoms. The summed E-state index contributed by atoms with van der Waals surface area (Å²) in [6.07, 6.45) is 4.14. The highest BCUT2D eigenvalue weighted by molar-refractivity contribution is 7.12. The third kappa shape index (κ3) is 4.75. The number of nitrogens with zero attached hydrogens (tertiary/aromatic N) is 2. The minimum Gasteiger partial charge on any atom is -0.397 e. The van der Waals surface area contributed by atoms with E-state index in [0.717, 1.165) is 28.9 Å². The van der Waals surface area contributed by atoms with E-state index in [-0.39, 0.29) is 11.3 Å². The molecule has 4 rings (SSSR count). The van der Waals surface area contributed by atoms with Crippen molar-refractivity contribution >= 4 is 51.1 Å². The lowest BCUT2D eigenvalue weighted by Gasteiger charge is -2.17. The van der Waals surface area contributed by atoms with Gasteiger partial charge in [0.2, 0.25) is 0 Å². The summed E-state index contributed by atoms with van der Waals surface area (Å²) < 4.78 is 2.03. The van der Waals surface area contributed by atoms with Crippen LogP contribution in [0.25, 0.3) is 16.0 Å². The highest BCUT2D eigenvalue weighted by atomic mass is 35.5. The van der Waals surface area contributed by atoms with Gasteiger partial charge in [0.15, 0.2) is 5.13 Å². The maximum absolute atomic E-state index is 12.7. The quantitative estimate of drug-likeness (QED) is 0.337. The molecular weight excluding hydrogens is 428 g/mol. The van der Waals surface area contributed by atoms with E-state index in [1.54, 1.807) is 17.5 Å². The van der Waals surface area contributed by atoms with Crippen LogP contribution in [0, 0.1) is 5.41 Å². The van der Waals surface area contributed by atoms with E-state index in [0.29, 0.717) is 22.1 Å². The van der Waals surface area contributed by atoms with E-state index in [1.165, 1.54) is 16.9 Å². The number of para-hydroxylation sites is 2. The highest BCUT2D eigenvalue weighted by Gasteiger charge is 2.18. The molecule has 2 aromatic heterocycles. The average Bonchev–Trinajstić information content (AvgIpc) is 3.32. The Kier molecular flexibility index (Phi) is 5.77. The van der Waals surface area contributed by atoms with Crippen LogP contribution in [0.15, 0.2) is 54.0 Å². The van der Waals surface area contributed by atoms with Crippen molar-refractivity contribution in [2.24, 2.45) is 5.41 Å². The van der Waals surface area contributed by atoms with Gasteiger partial charge in [-0.05, 0) is 48.1 Å². The number of thiazole rings is 1. The summed E-state index contributed by atoms with van der Waals surface area (Å²) in [5.41, 5.74) is 9.85. The number of benzene rings is 2. The van der Waals surface area contributed by atoms with Gasteiger partial charge in [0.25, 0.3) is 5.91 Å². The van der Waals surface area contributed by atoms with Crippen molar-refractivity contribution in [1.29, 1.82) is 0 Å². The smallest absolute Gasteiger partial charge is 0.275 e. The predicted octanol–water partition coefficient (Wildman–Crippen LogP) is 6.55. The van der Waals surface area contributed by atoms with Crippen molar-refractivity contribution in [2.75, 3.05) is 11.1 Å². The summed E-state index contributed by atoms with van der Waals surface area (Å²) in [5, 5.41) is 7.14. The lowest BCUT2D eigenvalue weighted by atomic mass is 9.89. The zero-order valence-corrected chi connectivity index (χ0v) is 19.3. The van der Waals surface area contributed by atoms with Gasteiger partial charge in [-0.25, -0.2) is 4.98 Å². The number of aromatic nitrogens is 2. The summed E-state index contributed by atoms with van der Waals surface area (Å²) in [6.45, 7) is 6.73. The van der Waals surface area contributed by atoms with E-state index >= 15 is 0 Å². The molecule has 0 bridgehead atoms. The SMILES string of the molecule is CC(C)(C)CCc1cn(-c2nc(C(=O)Nc3ccccc3N)cs2)c2cc(Cl)ccc12. The van der Waals surface area contributed by atoms with E-state index in [1.807, 2.05) is 28.8 Å². The lowest BCUT2D eigenvalue weighted by molar-refractivity contribution is 0.102. The number of hydrogen-bond acceptors (Lipinski definition) is 4. The highest BCUT2D eigenvalue weighted by Crippen LogP contribution is 2.32. The van der Waals surface area contributed by atoms with Crippen molar-refractivity contribution in [3.05, 3.63) is 70.3 Å². The number of nitrogens with one attached hydrogen (secondary N) is 1. The molecule has 0 unspecified atom stereocenters. The molecule has 0 aliphatic rings. The molecule has 0 saturated heterocycles. The predicted molar refractivity (Wildman–Crippen MR) is 131 cm³/mol. The standard InChI is InChI=1S/C24H25ClN4OS/c1-24(2,3)11-10-15-13-29(21-12-16(25)8-9-17(15)21)23-28-20(14-31-23)22(30)27-19-7-5-4-6-18(19)26/h4-9,12-14H,10-11,26H2,1-3H3,(H,27,30). The minimum atomic E-state index is -0.289. The van der Waals surface area contributed by atoms with Gasteiger partial charge in [0.1, 0.15) is 5.69 Å². The summed E-state index contributed by atoms with van der Waals surface area (Å²) in [6, 6.07) is 13.1. The molecule has 0 aliphatic heterocycles. The monoisotopic (exact) mass is 452 g/mol. The second-order valence-corrected chi connectivity index (χ2v) is 10.1. The number of fused-ring (bicyclic) bond motifs is 1. The lowest BCUT2D eigenvalue weighted by Crippen LogP contribution is -2.13. The second kappa shape index (κ2) is 8.36. The van der Waals surface area contributed by atoms with Crippen LogP contribution in [0.2, 0.25) is 5.02 Å². The second-order valence-electron chi connectivity index (χ2n) is 8.80. The van der Waals surface area contributed by atoms with E-state index < -0.39 is 0 Å². The Bertz CT molecular complexity index is 1250. The van der Waals surface area contributed by atoms with Crippen LogP contribution in [0.1, 0.15) is 43.2 Å². The first-order valence-electron chi connectivity index (χ1n) is 10.1. The number of anilines is 2. The summed E-state index contributed by atoms with van der Waals surface area (Å²) >= 11 is 7.71. The zero-order valence-electron chi connectivity index (χ0n) is 17.8. The fourth-order valence-electron chi connectivity index (χ4n) is 3.41. The third-order valence-corrected chi connectivity index (χ3v) is 6.21. The van der Waals surface area contributed by atoms with Crippen LogP contribution in [0.5, 0.6) is 0 Å². The van der Waals surface area contributed by atoms with E-state index in [2.05, 4.69) is 43.3 Å². The van der Waals surface area contributed by atoms with Gasteiger partial charge in [-0.15, -0.1) is 11.3 Å². The van der Waals surface area contributed by atoms with Crippen molar-refractivity contribution in [3.63, 3.8) is 0 Å². The molecule has 0 atom stereocenters. The maximum atomic E-state index is 12.7. The van der Waals surface area contributed by atoms with Crippen molar-refractivity contribution < 1.29 is 4.79 Å². The Morgan fingerprint density at radius 1 is 1.23 bits per heavy atom. The van der Waals surface area contributed by atoms with Crippen molar-refractivity contribution in [3.8, 4) is 5.13 Å². The summed E-state index contributed by atoms with van der Waals surface area (Å²) in [7, 11) is 0. The molecule has 0 spiro atoms. The van der Waals surface area contributed by atoms with Gasteiger partial charge in [0, 0.05) is 22.0 Å². The van der Waals surface area contributed by atoms with Gasteiger partial charge in [-0.2, -0.15) is 0 Å². The van der Waals surface area contributed by atoms with Gasteiger partial charge >= 0.3 is 0 Å². The van der Waals surface area contributed by atoms with Gasteiger partial charge < -0.3 is 11.1 Å². The number of nitrogens with two attached hydrogens (primary N) is 1. The number of nitrogen functional groups attached to an aromatic ring is 1. The third-order valence-electron chi connectivity index (χ3n) is 5.13. The fourth-order valence-corrected chi connectivity index (χ4v) is 4.37. The van der Waals surface area contributed by atoms with Crippen LogP contribution in [-0.2, 0) is 6.42 Å². The maximum Gasteiger partial charge on any atom is 0.275 e. The molecule has 5 nitrogen and oxygen atoms in total. The van der Waals surface area contributed by atoms with Gasteiger partial charge in [0.05, 0.1) is 16.9 Å². The summed E-state index contributed by atoms with van der Waals surface area (Å²) in [5.74, 6) is -0.289. The summed E-state index contributed by atoms with van der Waals surface area (Å²) in [4.78, 5) is 17.3. The Hall–Kier alpha value is -2.83. The fraction of sp³-hybridized carbons (Fsp3) is 0.250. The first-order chi connectivity index (χ1) is 14.7. The molecule has 0 aliphatic carbocycles. The molecule has 3 N–H and O–H groups in total. The molecule has 31 heavy (non-hydrogen) atoms. The Morgan fingerprint density at radius 3 is 2.74 bits per heavy atom. The average molecular weight is 453 g/mol. The number of carbonyl (C=O) groups is 1. The first kappa shape index (κ1) is 21.4. The van der Waals surface area contributed by atoms with E-state index in [9.17, 15) is 4.79 Å². The number of rotatable bonds is 5. The largest absolute Gasteiger partial charge is 0.397 e. The van der Waals surface area contributed by atoms with Gasteiger partial charge in [-0.1, -0.05) is 50.6 Å². The Labute approximate surface area is 190 Å². The van der Waals surface area contributed by atoms with Crippen molar-refractivity contribution in [2.45, 2.75) is 33.6 Å².